The van der Waals surface area contributed by atoms with Crippen molar-refractivity contribution in [3.63, 3.8) is 0 Å². The zero-order chi connectivity index (χ0) is 15.5. The van der Waals surface area contributed by atoms with Crippen molar-refractivity contribution >= 4 is 16.5 Å². The van der Waals surface area contributed by atoms with Crippen LogP contribution in [-0.4, -0.2) is 23.1 Å². The van der Waals surface area contributed by atoms with Gasteiger partial charge in [-0.25, -0.2) is 4.98 Å². The first-order chi connectivity index (χ1) is 9.94. The van der Waals surface area contributed by atoms with Crippen LogP contribution in [0.1, 0.15) is 70.9 Å². The zero-order valence-corrected chi connectivity index (χ0v) is 15.1. The Morgan fingerprint density at radius 2 is 2.05 bits per heavy atom. The van der Waals surface area contributed by atoms with Gasteiger partial charge in [0.2, 0.25) is 0 Å². The summed E-state index contributed by atoms with van der Waals surface area (Å²) in [6.45, 7) is 13.3. The minimum absolute atomic E-state index is 0.159. The molecule has 4 heteroatoms. The van der Waals surface area contributed by atoms with Crippen LogP contribution in [0.25, 0.3) is 0 Å². The van der Waals surface area contributed by atoms with E-state index in [0.29, 0.717) is 6.04 Å². The normalized spacial score (nSPS) is 20.0. The third-order valence-electron chi connectivity index (χ3n) is 4.23. The van der Waals surface area contributed by atoms with Crippen LogP contribution in [0.15, 0.2) is 0 Å². The van der Waals surface area contributed by atoms with E-state index in [-0.39, 0.29) is 5.54 Å². The van der Waals surface area contributed by atoms with Crippen molar-refractivity contribution in [2.75, 3.05) is 11.4 Å². The van der Waals surface area contributed by atoms with E-state index < -0.39 is 0 Å². The van der Waals surface area contributed by atoms with Crippen molar-refractivity contribution < 1.29 is 0 Å². The highest BCUT2D eigenvalue weighted by Crippen LogP contribution is 2.32. The third-order valence-corrected chi connectivity index (χ3v) is 5.36. The molecule has 21 heavy (non-hydrogen) atoms. The van der Waals surface area contributed by atoms with E-state index in [9.17, 15) is 0 Å². The summed E-state index contributed by atoms with van der Waals surface area (Å²) in [5, 5.41) is 4.86. The molecule has 0 spiro atoms. The summed E-state index contributed by atoms with van der Waals surface area (Å²) in [5.41, 5.74) is 1.44. The first kappa shape index (κ1) is 16.8. The van der Waals surface area contributed by atoms with Crippen LogP contribution in [-0.2, 0) is 13.0 Å². The quantitative estimate of drug-likeness (QED) is 0.876. The van der Waals surface area contributed by atoms with Gasteiger partial charge in [0, 0.05) is 29.5 Å². The van der Waals surface area contributed by atoms with E-state index in [1.807, 2.05) is 11.3 Å². The second-order valence-electron chi connectivity index (χ2n) is 7.07. The van der Waals surface area contributed by atoms with Gasteiger partial charge >= 0.3 is 0 Å². The Labute approximate surface area is 134 Å². The van der Waals surface area contributed by atoms with Crippen LogP contribution in [0, 0.1) is 0 Å². The van der Waals surface area contributed by atoms with Crippen molar-refractivity contribution in [3.05, 3.63) is 10.6 Å². The average molecular weight is 310 g/mol. The predicted molar refractivity (Wildman–Crippen MR) is 93.4 cm³/mol. The van der Waals surface area contributed by atoms with E-state index >= 15 is 0 Å². The van der Waals surface area contributed by atoms with Crippen LogP contribution in [0.3, 0.4) is 0 Å². The lowest BCUT2D eigenvalue weighted by Gasteiger charge is -2.35. The first-order valence-electron chi connectivity index (χ1n) is 8.44. The van der Waals surface area contributed by atoms with E-state index in [0.717, 1.165) is 13.0 Å². The number of aromatic nitrogens is 1. The molecular formula is C17H31N3S. The van der Waals surface area contributed by atoms with Gasteiger partial charge in [0.25, 0.3) is 0 Å². The van der Waals surface area contributed by atoms with Gasteiger partial charge in [-0.2, -0.15) is 0 Å². The molecule has 0 aromatic carbocycles. The van der Waals surface area contributed by atoms with Crippen molar-refractivity contribution in [2.24, 2.45) is 0 Å². The summed E-state index contributed by atoms with van der Waals surface area (Å²) >= 11 is 1.90. The standard InChI is InChI=1S/C17H31N3S/c1-6-13-10-8-9-11-20(13)16-19-14(7-2)15(21-16)12-18-17(3,4)5/h13,18H,6-12H2,1-5H3. The number of anilines is 1. The summed E-state index contributed by atoms with van der Waals surface area (Å²) in [7, 11) is 0. The zero-order valence-electron chi connectivity index (χ0n) is 14.3. The molecule has 1 N–H and O–H groups in total. The Kier molecular flexibility index (Phi) is 5.67. The smallest absolute Gasteiger partial charge is 0.186 e. The van der Waals surface area contributed by atoms with Gasteiger partial charge in [0.1, 0.15) is 0 Å². The Balaban J connectivity index is 2.15. The fourth-order valence-electron chi connectivity index (χ4n) is 2.93. The Hall–Kier alpha value is -0.610. The predicted octanol–water partition coefficient (Wildman–Crippen LogP) is 4.36. The maximum absolute atomic E-state index is 4.96. The lowest BCUT2D eigenvalue weighted by molar-refractivity contribution is 0.425. The molecule has 0 aliphatic carbocycles. The minimum Gasteiger partial charge on any atom is -0.345 e. The first-order valence-corrected chi connectivity index (χ1v) is 9.26. The molecule has 3 nitrogen and oxygen atoms in total. The fraction of sp³-hybridized carbons (Fsp3) is 0.824. The molecule has 1 aromatic heterocycles. The summed E-state index contributed by atoms with van der Waals surface area (Å²) in [5.74, 6) is 0. The lowest BCUT2D eigenvalue weighted by Crippen LogP contribution is -2.39. The van der Waals surface area contributed by atoms with Gasteiger partial charge in [-0.1, -0.05) is 13.8 Å². The van der Waals surface area contributed by atoms with Gasteiger partial charge in [-0.3, -0.25) is 0 Å². The lowest BCUT2D eigenvalue weighted by atomic mass is 10.0. The molecule has 1 aromatic rings. The number of hydrogen-bond acceptors (Lipinski definition) is 4. The number of nitrogens with one attached hydrogen (secondary N) is 1. The van der Waals surface area contributed by atoms with Crippen LogP contribution in [0.2, 0.25) is 0 Å². The number of rotatable bonds is 5. The third kappa shape index (κ3) is 4.43. The van der Waals surface area contributed by atoms with Crippen molar-refractivity contribution in [2.45, 2.75) is 84.8 Å². The van der Waals surface area contributed by atoms with Crippen molar-refractivity contribution in [1.29, 1.82) is 0 Å². The van der Waals surface area contributed by atoms with Crippen LogP contribution >= 0.6 is 11.3 Å². The molecule has 1 aliphatic rings. The molecule has 120 valence electrons. The van der Waals surface area contributed by atoms with Gasteiger partial charge in [0.15, 0.2) is 5.13 Å². The molecule has 1 aliphatic heterocycles. The Morgan fingerprint density at radius 3 is 2.67 bits per heavy atom. The molecular weight excluding hydrogens is 278 g/mol. The molecule has 0 amide bonds. The second-order valence-corrected chi connectivity index (χ2v) is 8.14. The van der Waals surface area contributed by atoms with Crippen LogP contribution < -0.4 is 10.2 Å². The average Bonchev–Trinajstić information content (AvgIpc) is 2.87. The van der Waals surface area contributed by atoms with Gasteiger partial charge in [0.05, 0.1) is 5.69 Å². The van der Waals surface area contributed by atoms with Gasteiger partial charge in [-0.05, 0) is 52.9 Å². The van der Waals surface area contributed by atoms with E-state index in [2.05, 4.69) is 44.8 Å². The highest BCUT2D eigenvalue weighted by atomic mass is 32.1. The fourth-order valence-corrected chi connectivity index (χ4v) is 4.12. The number of piperidine rings is 1. The maximum atomic E-state index is 4.96. The SMILES string of the molecule is CCc1nc(N2CCCCC2CC)sc1CNC(C)(C)C. The maximum Gasteiger partial charge on any atom is 0.186 e. The highest BCUT2D eigenvalue weighted by Gasteiger charge is 2.25. The van der Waals surface area contributed by atoms with Gasteiger partial charge < -0.3 is 10.2 Å². The molecule has 0 bridgehead atoms. The summed E-state index contributed by atoms with van der Waals surface area (Å²) < 4.78 is 0. The molecule has 2 heterocycles. The number of hydrogen-bond donors (Lipinski definition) is 1. The molecule has 1 saturated heterocycles. The topological polar surface area (TPSA) is 28.2 Å². The Morgan fingerprint density at radius 1 is 1.29 bits per heavy atom. The summed E-state index contributed by atoms with van der Waals surface area (Å²) in [6, 6.07) is 0.693. The second kappa shape index (κ2) is 7.10. The molecule has 1 fully saturated rings. The summed E-state index contributed by atoms with van der Waals surface area (Å²) in [6.07, 6.45) is 6.28. The van der Waals surface area contributed by atoms with E-state index in [4.69, 9.17) is 4.98 Å². The number of thiazole rings is 1. The van der Waals surface area contributed by atoms with Crippen molar-refractivity contribution in [3.8, 4) is 0 Å². The van der Waals surface area contributed by atoms with Gasteiger partial charge in [-0.15, -0.1) is 11.3 Å². The van der Waals surface area contributed by atoms with E-state index in [1.54, 1.807) is 0 Å². The number of nitrogens with zero attached hydrogens (tertiary/aromatic N) is 2. The molecule has 1 unspecified atom stereocenters. The minimum atomic E-state index is 0.159. The van der Waals surface area contributed by atoms with E-state index in [1.165, 1.54) is 47.9 Å². The van der Waals surface area contributed by atoms with Crippen LogP contribution in [0.5, 0.6) is 0 Å². The molecule has 0 saturated carbocycles. The Bertz CT molecular complexity index is 447. The highest BCUT2D eigenvalue weighted by molar-refractivity contribution is 7.15. The van der Waals surface area contributed by atoms with Crippen LogP contribution in [0.4, 0.5) is 5.13 Å². The molecule has 0 radical (unpaired) electrons. The number of aryl methyl sites for hydroxylation is 1. The largest absolute Gasteiger partial charge is 0.345 e. The van der Waals surface area contributed by atoms with Crippen molar-refractivity contribution in [1.82, 2.24) is 10.3 Å². The molecule has 1 atom stereocenters. The molecule has 2 rings (SSSR count). The summed E-state index contributed by atoms with van der Waals surface area (Å²) in [4.78, 5) is 8.94. The monoisotopic (exact) mass is 309 g/mol.